The first-order valence-corrected chi connectivity index (χ1v) is 7.13. The Hall–Kier alpha value is -2.07. The molecule has 2 rings (SSSR count). The van der Waals surface area contributed by atoms with Gasteiger partial charge in [0.05, 0.1) is 18.2 Å². The van der Waals surface area contributed by atoms with Gasteiger partial charge >= 0.3 is 5.97 Å². The summed E-state index contributed by atoms with van der Waals surface area (Å²) >= 11 is 6.17. The van der Waals surface area contributed by atoms with E-state index in [0.717, 1.165) is 5.56 Å². The van der Waals surface area contributed by atoms with Gasteiger partial charge in [-0.15, -0.1) is 0 Å². The molecule has 0 aliphatic heterocycles. The van der Waals surface area contributed by atoms with Crippen molar-refractivity contribution in [2.45, 2.75) is 19.9 Å². The molecule has 110 valence electrons. The monoisotopic (exact) mass is 304 g/mol. The summed E-state index contributed by atoms with van der Waals surface area (Å²) in [4.78, 5) is 15.8. The lowest BCUT2D eigenvalue weighted by molar-refractivity contribution is 0.0526. The van der Waals surface area contributed by atoms with E-state index in [1.807, 2.05) is 31.2 Å². The van der Waals surface area contributed by atoms with Crippen LogP contribution in [0.15, 0.2) is 42.6 Å². The average Bonchev–Trinajstić information content (AvgIpc) is 2.48. The number of hydrogen-bond acceptors (Lipinski definition) is 4. The van der Waals surface area contributed by atoms with Crippen LogP contribution in [0.25, 0.3) is 0 Å². The summed E-state index contributed by atoms with van der Waals surface area (Å²) in [5.74, 6) is 0.311. The van der Waals surface area contributed by atoms with E-state index < -0.39 is 0 Å². The molecule has 1 aromatic heterocycles. The lowest BCUT2D eigenvalue weighted by Gasteiger charge is -2.16. The summed E-state index contributed by atoms with van der Waals surface area (Å²) in [5, 5.41) is 3.96. The average molecular weight is 305 g/mol. The molecule has 0 aliphatic carbocycles. The third-order valence-corrected chi connectivity index (χ3v) is 3.35. The summed E-state index contributed by atoms with van der Waals surface area (Å²) in [7, 11) is 0. The van der Waals surface area contributed by atoms with E-state index in [4.69, 9.17) is 16.3 Å². The number of pyridine rings is 1. The fraction of sp³-hybridized carbons (Fsp3) is 0.250. The number of nitrogens with one attached hydrogen (secondary N) is 1. The third-order valence-electron chi connectivity index (χ3n) is 3.01. The molecule has 5 heteroatoms. The Morgan fingerprint density at radius 3 is 2.71 bits per heavy atom. The smallest absolute Gasteiger partial charge is 0.339 e. The van der Waals surface area contributed by atoms with Crippen LogP contribution in [-0.4, -0.2) is 17.6 Å². The summed E-state index contributed by atoms with van der Waals surface area (Å²) in [6.07, 6.45) is 1.50. The van der Waals surface area contributed by atoms with Gasteiger partial charge in [0.15, 0.2) is 0 Å². The molecule has 0 bridgehead atoms. The van der Waals surface area contributed by atoms with Crippen molar-refractivity contribution >= 4 is 23.4 Å². The number of rotatable bonds is 5. The Morgan fingerprint density at radius 1 is 1.33 bits per heavy atom. The van der Waals surface area contributed by atoms with Crippen LogP contribution in [0.4, 0.5) is 5.82 Å². The van der Waals surface area contributed by atoms with Gasteiger partial charge in [-0.2, -0.15) is 0 Å². The summed E-state index contributed by atoms with van der Waals surface area (Å²) in [6.45, 7) is 4.12. The molecule has 1 heterocycles. The number of esters is 1. The van der Waals surface area contributed by atoms with Crippen LogP contribution in [0.2, 0.25) is 5.02 Å². The summed E-state index contributed by atoms with van der Waals surface area (Å²) < 4.78 is 4.92. The van der Waals surface area contributed by atoms with E-state index in [9.17, 15) is 4.79 Å². The number of hydrogen-bond donors (Lipinski definition) is 1. The van der Waals surface area contributed by atoms with E-state index in [0.29, 0.717) is 23.0 Å². The van der Waals surface area contributed by atoms with Gasteiger partial charge in [0.25, 0.3) is 0 Å². The Bertz CT molecular complexity index is 614. The Balaban J connectivity index is 2.07. The van der Waals surface area contributed by atoms with Crippen LogP contribution in [0.3, 0.4) is 0 Å². The highest BCUT2D eigenvalue weighted by Crippen LogP contribution is 2.24. The fourth-order valence-corrected chi connectivity index (χ4v) is 2.24. The van der Waals surface area contributed by atoms with E-state index in [1.165, 1.54) is 6.20 Å². The van der Waals surface area contributed by atoms with Gasteiger partial charge in [-0.3, -0.25) is 0 Å². The molecule has 0 amide bonds. The lowest BCUT2D eigenvalue weighted by Crippen LogP contribution is -2.10. The first kappa shape index (κ1) is 15.3. The van der Waals surface area contributed by atoms with Crippen LogP contribution in [0, 0.1) is 0 Å². The van der Waals surface area contributed by atoms with E-state index in [-0.39, 0.29) is 12.0 Å². The number of ether oxygens (including phenoxy) is 1. The summed E-state index contributed by atoms with van der Waals surface area (Å²) in [6, 6.07) is 11.1. The van der Waals surface area contributed by atoms with E-state index >= 15 is 0 Å². The second kappa shape index (κ2) is 7.09. The highest BCUT2D eigenvalue weighted by atomic mass is 35.5. The van der Waals surface area contributed by atoms with Crippen molar-refractivity contribution in [1.29, 1.82) is 0 Å². The maximum atomic E-state index is 11.5. The SMILES string of the molecule is CCOC(=O)c1ccc(NC(C)c2ccccc2Cl)nc1. The molecule has 0 fully saturated rings. The second-order valence-corrected chi connectivity index (χ2v) is 4.95. The second-order valence-electron chi connectivity index (χ2n) is 4.54. The number of aromatic nitrogens is 1. The van der Waals surface area contributed by atoms with Crippen molar-refractivity contribution in [3.63, 3.8) is 0 Å². The zero-order valence-electron chi connectivity index (χ0n) is 12.0. The highest BCUT2D eigenvalue weighted by molar-refractivity contribution is 6.31. The minimum atomic E-state index is -0.365. The van der Waals surface area contributed by atoms with Crippen LogP contribution < -0.4 is 5.32 Å². The van der Waals surface area contributed by atoms with Crippen molar-refractivity contribution in [3.8, 4) is 0 Å². The molecule has 2 aromatic rings. The molecule has 1 N–H and O–H groups in total. The van der Waals surface area contributed by atoms with Crippen molar-refractivity contribution in [3.05, 3.63) is 58.7 Å². The first-order valence-electron chi connectivity index (χ1n) is 6.76. The molecule has 0 saturated carbocycles. The van der Waals surface area contributed by atoms with Gasteiger partial charge in [0.1, 0.15) is 5.82 Å². The van der Waals surface area contributed by atoms with E-state index in [1.54, 1.807) is 19.1 Å². The van der Waals surface area contributed by atoms with Gasteiger partial charge in [-0.25, -0.2) is 9.78 Å². The van der Waals surface area contributed by atoms with Gasteiger partial charge in [0, 0.05) is 11.2 Å². The number of nitrogens with zero attached hydrogens (tertiary/aromatic N) is 1. The Labute approximate surface area is 129 Å². The van der Waals surface area contributed by atoms with Gasteiger partial charge in [-0.05, 0) is 37.6 Å². The molecule has 4 nitrogen and oxygen atoms in total. The minimum Gasteiger partial charge on any atom is -0.462 e. The molecular weight excluding hydrogens is 288 g/mol. The topological polar surface area (TPSA) is 51.2 Å². The van der Waals surface area contributed by atoms with Crippen LogP contribution in [0.1, 0.15) is 35.8 Å². The van der Waals surface area contributed by atoms with Gasteiger partial charge < -0.3 is 10.1 Å². The third kappa shape index (κ3) is 3.95. The summed E-state index contributed by atoms with van der Waals surface area (Å²) in [5.41, 5.74) is 1.43. The quantitative estimate of drug-likeness (QED) is 0.845. The van der Waals surface area contributed by atoms with Crippen molar-refractivity contribution in [1.82, 2.24) is 4.98 Å². The molecule has 0 radical (unpaired) electrons. The number of carbonyl (C=O) groups excluding carboxylic acids is 1. The van der Waals surface area contributed by atoms with Crippen molar-refractivity contribution in [2.75, 3.05) is 11.9 Å². The zero-order chi connectivity index (χ0) is 15.2. The van der Waals surface area contributed by atoms with Crippen molar-refractivity contribution < 1.29 is 9.53 Å². The van der Waals surface area contributed by atoms with E-state index in [2.05, 4.69) is 10.3 Å². The normalized spacial score (nSPS) is 11.8. The van der Waals surface area contributed by atoms with Crippen LogP contribution >= 0.6 is 11.6 Å². The number of anilines is 1. The molecule has 0 aliphatic rings. The predicted molar refractivity (Wildman–Crippen MR) is 83.7 cm³/mol. The Morgan fingerprint density at radius 2 is 2.10 bits per heavy atom. The largest absolute Gasteiger partial charge is 0.462 e. The lowest BCUT2D eigenvalue weighted by atomic mass is 10.1. The van der Waals surface area contributed by atoms with Crippen molar-refractivity contribution in [2.24, 2.45) is 0 Å². The number of halogens is 1. The minimum absolute atomic E-state index is 0.0136. The Kier molecular flexibility index (Phi) is 5.17. The van der Waals surface area contributed by atoms with Gasteiger partial charge in [-0.1, -0.05) is 29.8 Å². The molecule has 1 atom stereocenters. The zero-order valence-corrected chi connectivity index (χ0v) is 12.7. The van der Waals surface area contributed by atoms with Gasteiger partial charge in [0.2, 0.25) is 0 Å². The molecule has 1 aromatic carbocycles. The first-order chi connectivity index (χ1) is 10.1. The predicted octanol–water partition coefficient (Wildman–Crippen LogP) is 4.08. The molecule has 0 saturated heterocycles. The highest BCUT2D eigenvalue weighted by Gasteiger charge is 2.11. The maximum absolute atomic E-state index is 11.5. The molecule has 21 heavy (non-hydrogen) atoms. The maximum Gasteiger partial charge on any atom is 0.339 e. The molecular formula is C16H17ClN2O2. The number of benzene rings is 1. The fourth-order valence-electron chi connectivity index (χ4n) is 1.94. The standard InChI is InChI=1S/C16H17ClN2O2/c1-3-21-16(20)12-8-9-15(18-10-12)19-11(2)13-6-4-5-7-14(13)17/h4-11H,3H2,1-2H3,(H,18,19). The van der Waals surface area contributed by atoms with Crippen LogP contribution in [0.5, 0.6) is 0 Å². The molecule has 1 unspecified atom stereocenters. The molecule has 0 spiro atoms. The van der Waals surface area contributed by atoms with Crippen LogP contribution in [-0.2, 0) is 4.74 Å². The number of carbonyl (C=O) groups is 1.